The highest BCUT2D eigenvalue weighted by molar-refractivity contribution is 6.42. The van der Waals surface area contributed by atoms with Gasteiger partial charge in [-0.25, -0.2) is 0 Å². The van der Waals surface area contributed by atoms with E-state index in [1.165, 1.54) is 11.0 Å². The molecule has 1 aromatic rings. The van der Waals surface area contributed by atoms with Crippen LogP contribution < -0.4 is 15.4 Å². The Hall–Kier alpha value is -2.32. The average Bonchev–Trinajstić information content (AvgIpc) is 3.13. The molecule has 0 spiro atoms. The van der Waals surface area contributed by atoms with Crippen molar-refractivity contribution in [2.24, 2.45) is 23.2 Å². The lowest BCUT2D eigenvalue weighted by atomic mass is 9.97. The maximum Gasteiger partial charge on any atom is 0.261 e. The van der Waals surface area contributed by atoms with Crippen molar-refractivity contribution in [3.8, 4) is 5.75 Å². The van der Waals surface area contributed by atoms with E-state index in [-0.39, 0.29) is 53.9 Å². The van der Waals surface area contributed by atoms with Crippen molar-refractivity contribution >= 4 is 47.2 Å². The van der Waals surface area contributed by atoms with Gasteiger partial charge in [-0.3, -0.25) is 14.4 Å². The van der Waals surface area contributed by atoms with Gasteiger partial charge in [-0.05, 0) is 42.2 Å². The van der Waals surface area contributed by atoms with Gasteiger partial charge in [0.05, 0.1) is 16.1 Å². The summed E-state index contributed by atoms with van der Waals surface area (Å²) in [6.07, 6.45) is 1.55. The Bertz CT molecular complexity index is 985. The number of rotatable bonds is 8. The molecule has 0 unspecified atom stereocenters. The number of nitrogens with zero attached hydrogens (tertiary/aromatic N) is 1. The molecule has 2 saturated heterocycles. The number of hydrogen-bond acceptors (Lipinski definition) is 5. The van der Waals surface area contributed by atoms with E-state index in [1.807, 2.05) is 0 Å². The lowest BCUT2D eigenvalue weighted by Gasteiger charge is -2.31. The maximum absolute atomic E-state index is 13.2. The maximum atomic E-state index is 13.2. The monoisotopic (exact) mass is 495 g/mol. The zero-order chi connectivity index (χ0) is 23.9. The number of carbonyl (C=O) groups is 4. The van der Waals surface area contributed by atoms with Crippen LogP contribution in [0, 0.1) is 23.2 Å². The number of benzene rings is 1. The Morgan fingerprint density at radius 2 is 2.09 bits per heavy atom. The van der Waals surface area contributed by atoms with Crippen LogP contribution in [0.5, 0.6) is 5.75 Å². The molecule has 33 heavy (non-hydrogen) atoms. The van der Waals surface area contributed by atoms with Gasteiger partial charge in [0.15, 0.2) is 6.61 Å². The number of ether oxygens (including phenoxy) is 1. The lowest BCUT2D eigenvalue weighted by Crippen LogP contribution is -2.53. The number of amides is 3. The van der Waals surface area contributed by atoms with E-state index in [2.05, 4.69) is 24.5 Å². The van der Waals surface area contributed by atoms with Gasteiger partial charge >= 0.3 is 0 Å². The second-order valence-corrected chi connectivity index (χ2v) is 10.4. The minimum absolute atomic E-state index is 0.00788. The molecule has 2 heterocycles. The van der Waals surface area contributed by atoms with Gasteiger partial charge in [-0.1, -0.05) is 37.0 Å². The van der Waals surface area contributed by atoms with Crippen molar-refractivity contribution < 1.29 is 23.9 Å². The van der Waals surface area contributed by atoms with Crippen LogP contribution >= 0.6 is 23.2 Å². The number of halogens is 2. The number of carbonyl (C=O) groups excluding carboxylic acids is 4. The van der Waals surface area contributed by atoms with E-state index in [4.69, 9.17) is 27.9 Å². The number of hydrogen-bond donors (Lipinski definition) is 2. The largest absolute Gasteiger partial charge is 0.484 e. The molecule has 3 fully saturated rings. The van der Waals surface area contributed by atoms with E-state index >= 15 is 0 Å². The van der Waals surface area contributed by atoms with Crippen molar-refractivity contribution in [1.29, 1.82) is 0 Å². The summed E-state index contributed by atoms with van der Waals surface area (Å²) in [4.78, 5) is 51.2. The summed E-state index contributed by atoms with van der Waals surface area (Å²) in [5.41, 5.74) is -0.0641. The second kappa shape index (κ2) is 9.14. The topological polar surface area (TPSA) is 105 Å². The fourth-order valence-corrected chi connectivity index (χ4v) is 5.52. The zero-order valence-electron chi connectivity index (χ0n) is 18.5. The summed E-state index contributed by atoms with van der Waals surface area (Å²) in [5, 5.41) is 6.21. The van der Waals surface area contributed by atoms with Gasteiger partial charge in [-0.2, -0.15) is 0 Å². The number of fused-ring (bicyclic) bond motifs is 1. The minimum atomic E-state index is -0.781. The normalized spacial score (nSPS) is 28.0. The Labute approximate surface area is 202 Å². The van der Waals surface area contributed by atoms with Crippen molar-refractivity contribution in [2.45, 2.75) is 38.8 Å². The Morgan fingerprint density at radius 1 is 1.33 bits per heavy atom. The van der Waals surface area contributed by atoms with Gasteiger partial charge in [0.25, 0.3) is 5.91 Å². The summed E-state index contributed by atoms with van der Waals surface area (Å²) in [7, 11) is 0. The SMILES string of the molecule is CC1(C)[C@@H]2[C@H](C(=O)N[C@H](C=O)C[C@@H]3CCNC3=O)N(C(=O)COc3ccc(Cl)c(Cl)c3)C[C@@H]21. The summed E-state index contributed by atoms with van der Waals surface area (Å²) in [6.45, 7) is 4.94. The highest BCUT2D eigenvalue weighted by atomic mass is 35.5. The lowest BCUT2D eigenvalue weighted by molar-refractivity contribution is -0.142. The molecule has 2 aliphatic heterocycles. The summed E-state index contributed by atoms with van der Waals surface area (Å²) >= 11 is 11.9. The van der Waals surface area contributed by atoms with Crippen molar-refractivity contribution in [3.05, 3.63) is 28.2 Å². The molecule has 5 atom stereocenters. The third-order valence-electron chi connectivity index (χ3n) is 7.24. The quantitative estimate of drug-likeness (QED) is 0.537. The van der Waals surface area contributed by atoms with Crippen molar-refractivity contribution in [2.75, 3.05) is 19.7 Å². The first kappa shape index (κ1) is 23.8. The van der Waals surface area contributed by atoms with Crippen LogP contribution in [-0.4, -0.2) is 60.7 Å². The molecule has 0 radical (unpaired) electrons. The van der Waals surface area contributed by atoms with Gasteiger partial charge in [-0.15, -0.1) is 0 Å². The number of nitrogens with one attached hydrogen (secondary N) is 2. The van der Waals surface area contributed by atoms with E-state index in [0.29, 0.717) is 41.6 Å². The smallest absolute Gasteiger partial charge is 0.261 e. The molecule has 2 N–H and O–H groups in total. The van der Waals surface area contributed by atoms with Crippen molar-refractivity contribution in [3.63, 3.8) is 0 Å². The second-order valence-electron chi connectivity index (χ2n) is 9.57. The average molecular weight is 496 g/mol. The van der Waals surface area contributed by atoms with Crippen molar-refractivity contribution in [1.82, 2.24) is 15.5 Å². The van der Waals surface area contributed by atoms with Gasteiger partial charge in [0.1, 0.15) is 18.1 Å². The molecule has 10 heteroatoms. The first-order valence-electron chi connectivity index (χ1n) is 11.0. The van der Waals surface area contributed by atoms with Crippen LogP contribution in [0.3, 0.4) is 0 Å². The number of piperidine rings is 1. The van der Waals surface area contributed by atoms with Crippen LogP contribution in [0.1, 0.15) is 26.7 Å². The fraction of sp³-hybridized carbons (Fsp3) is 0.565. The third kappa shape index (κ3) is 4.68. The van der Waals surface area contributed by atoms with Crippen LogP contribution in [0.2, 0.25) is 10.0 Å². The molecule has 3 amide bonds. The van der Waals surface area contributed by atoms with Crippen LogP contribution in [0.25, 0.3) is 0 Å². The molecule has 178 valence electrons. The summed E-state index contributed by atoms with van der Waals surface area (Å²) in [5.74, 6) is -0.470. The Balaban J connectivity index is 1.41. The third-order valence-corrected chi connectivity index (χ3v) is 7.98. The Kier molecular flexibility index (Phi) is 6.60. The molecular weight excluding hydrogens is 469 g/mol. The fourth-order valence-electron chi connectivity index (χ4n) is 5.23. The first-order chi connectivity index (χ1) is 15.6. The molecule has 4 rings (SSSR count). The van der Waals surface area contributed by atoms with Crippen LogP contribution in [0.4, 0.5) is 0 Å². The minimum Gasteiger partial charge on any atom is -0.484 e. The van der Waals surface area contributed by atoms with Gasteiger partial charge in [0.2, 0.25) is 11.8 Å². The Morgan fingerprint density at radius 3 is 2.73 bits per heavy atom. The highest BCUT2D eigenvalue weighted by Crippen LogP contribution is 2.64. The highest BCUT2D eigenvalue weighted by Gasteiger charge is 2.69. The molecular formula is C23H27Cl2N3O5. The standard InChI is InChI=1S/C23H27Cl2N3O5/c1-23(2)15-9-28(18(30)11-33-14-3-4-16(24)17(25)8-14)20(19(15)23)22(32)27-13(10-29)7-12-5-6-26-21(12)31/h3-4,8,10,12-13,15,19-20H,5-7,9,11H2,1-2H3,(H,26,31)(H,27,32)/t12-,13-,15-,19-,20+/m0/s1. The summed E-state index contributed by atoms with van der Waals surface area (Å²) < 4.78 is 5.58. The van der Waals surface area contributed by atoms with Crippen LogP contribution in [-0.2, 0) is 19.2 Å². The number of aldehydes is 1. The van der Waals surface area contributed by atoms with E-state index in [1.54, 1.807) is 12.1 Å². The molecule has 0 aromatic heterocycles. The first-order valence-corrected chi connectivity index (χ1v) is 11.8. The van der Waals surface area contributed by atoms with Gasteiger partial charge in [0, 0.05) is 25.1 Å². The molecule has 0 bridgehead atoms. The zero-order valence-corrected chi connectivity index (χ0v) is 20.0. The molecule has 1 aromatic carbocycles. The molecule has 8 nitrogen and oxygen atoms in total. The predicted molar refractivity (Wildman–Crippen MR) is 122 cm³/mol. The van der Waals surface area contributed by atoms with Gasteiger partial charge < -0.3 is 25.1 Å². The summed E-state index contributed by atoms with van der Waals surface area (Å²) in [6, 6.07) is 3.26. The predicted octanol–water partition coefficient (Wildman–Crippen LogP) is 2.07. The van der Waals surface area contributed by atoms with E-state index < -0.39 is 12.1 Å². The van der Waals surface area contributed by atoms with E-state index in [9.17, 15) is 19.2 Å². The number of likely N-dealkylation sites (tertiary alicyclic amines) is 1. The van der Waals surface area contributed by atoms with Crippen LogP contribution in [0.15, 0.2) is 18.2 Å². The van der Waals surface area contributed by atoms with E-state index in [0.717, 1.165) is 0 Å². The molecule has 1 aliphatic carbocycles. The molecule has 1 saturated carbocycles. The molecule has 3 aliphatic rings.